The van der Waals surface area contributed by atoms with E-state index < -0.39 is 0 Å². The first kappa shape index (κ1) is 13.4. The molecule has 1 aliphatic rings. The second-order valence-corrected chi connectivity index (χ2v) is 6.09. The second-order valence-electron chi connectivity index (χ2n) is 5.11. The topological polar surface area (TPSA) is 38.1 Å². The molecule has 0 bridgehead atoms. The summed E-state index contributed by atoms with van der Waals surface area (Å²) in [4.78, 5) is 20.1. The lowest BCUT2D eigenvalue weighted by molar-refractivity contribution is 0.0796. The molecule has 0 aliphatic carbocycles. The minimum Gasteiger partial charge on any atom is -0.338 e. The van der Waals surface area contributed by atoms with E-state index in [-0.39, 0.29) is 5.91 Å². The zero-order valence-electron chi connectivity index (χ0n) is 11.7. The van der Waals surface area contributed by atoms with E-state index in [0.29, 0.717) is 0 Å². The Labute approximate surface area is 123 Å². The molecule has 5 heteroatoms. The van der Waals surface area contributed by atoms with Crippen LogP contribution in [0.1, 0.15) is 41.6 Å². The van der Waals surface area contributed by atoms with E-state index in [2.05, 4.69) is 11.9 Å². The number of aryl methyl sites for hydroxylation is 1. The van der Waals surface area contributed by atoms with Crippen molar-refractivity contribution in [1.82, 2.24) is 14.5 Å². The van der Waals surface area contributed by atoms with Gasteiger partial charge >= 0.3 is 0 Å². The first-order valence-corrected chi connectivity index (χ1v) is 8.03. The Morgan fingerprint density at radius 2 is 2.00 bits per heavy atom. The highest BCUT2D eigenvalue weighted by molar-refractivity contribution is 7.16. The molecule has 2 aromatic heterocycles. The zero-order valence-corrected chi connectivity index (χ0v) is 12.5. The van der Waals surface area contributed by atoms with Crippen molar-refractivity contribution in [3.63, 3.8) is 0 Å². The maximum Gasteiger partial charge on any atom is 0.265 e. The number of aromatic nitrogens is 2. The van der Waals surface area contributed by atoms with Gasteiger partial charge in [-0.15, -0.1) is 0 Å². The summed E-state index contributed by atoms with van der Waals surface area (Å²) in [5, 5.41) is 0.890. The summed E-state index contributed by atoms with van der Waals surface area (Å²) in [5.74, 6) is 0.168. The van der Waals surface area contributed by atoms with Crippen molar-refractivity contribution in [2.24, 2.45) is 0 Å². The van der Waals surface area contributed by atoms with Gasteiger partial charge in [0.15, 0.2) is 5.13 Å². The second kappa shape index (κ2) is 5.79. The van der Waals surface area contributed by atoms with Crippen LogP contribution in [0.4, 0.5) is 0 Å². The van der Waals surface area contributed by atoms with Gasteiger partial charge in [-0.25, -0.2) is 4.98 Å². The first-order chi connectivity index (χ1) is 9.79. The average molecular weight is 289 g/mol. The number of thiazole rings is 1. The summed E-state index contributed by atoms with van der Waals surface area (Å²) < 4.78 is 1.98. The molecule has 3 heterocycles. The van der Waals surface area contributed by atoms with Crippen LogP contribution < -0.4 is 0 Å². The number of carbonyl (C=O) groups is 1. The van der Waals surface area contributed by atoms with Gasteiger partial charge in [0.25, 0.3) is 5.91 Å². The van der Waals surface area contributed by atoms with E-state index in [1.165, 1.54) is 11.3 Å². The summed E-state index contributed by atoms with van der Waals surface area (Å²) in [6.07, 6.45) is 8.06. The number of amides is 1. The van der Waals surface area contributed by atoms with Crippen LogP contribution in [-0.2, 0) is 6.42 Å². The molecule has 106 valence electrons. The third kappa shape index (κ3) is 2.50. The maximum atomic E-state index is 12.6. The molecule has 0 saturated carbocycles. The molecule has 0 spiro atoms. The highest BCUT2D eigenvalue weighted by Gasteiger charge is 2.25. The molecule has 1 saturated heterocycles. The molecule has 3 rings (SSSR count). The third-order valence-electron chi connectivity index (χ3n) is 3.59. The Morgan fingerprint density at radius 1 is 1.30 bits per heavy atom. The van der Waals surface area contributed by atoms with E-state index >= 15 is 0 Å². The average Bonchev–Trinajstić information content (AvgIpc) is 3.19. The van der Waals surface area contributed by atoms with Gasteiger partial charge < -0.3 is 9.47 Å². The van der Waals surface area contributed by atoms with E-state index in [9.17, 15) is 4.79 Å². The van der Waals surface area contributed by atoms with Crippen LogP contribution in [0.2, 0.25) is 0 Å². The van der Waals surface area contributed by atoms with Gasteiger partial charge in [0.05, 0.1) is 5.69 Å². The summed E-state index contributed by atoms with van der Waals surface area (Å²) >= 11 is 1.51. The van der Waals surface area contributed by atoms with Crippen LogP contribution >= 0.6 is 11.3 Å². The van der Waals surface area contributed by atoms with Crippen LogP contribution in [0.3, 0.4) is 0 Å². The molecule has 0 unspecified atom stereocenters. The van der Waals surface area contributed by atoms with Crippen molar-refractivity contribution in [2.45, 2.75) is 32.6 Å². The molecule has 1 fully saturated rings. The minimum atomic E-state index is 0.168. The number of likely N-dealkylation sites (tertiary alicyclic amines) is 1. The number of rotatable bonds is 4. The summed E-state index contributed by atoms with van der Waals surface area (Å²) in [5.41, 5.74) is 0.957. The van der Waals surface area contributed by atoms with Gasteiger partial charge in [-0.05, 0) is 31.4 Å². The fourth-order valence-electron chi connectivity index (χ4n) is 2.55. The molecule has 0 aromatic carbocycles. The van der Waals surface area contributed by atoms with Gasteiger partial charge in [-0.1, -0.05) is 24.7 Å². The molecule has 0 atom stereocenters. The predicted molar refractivity (Wildman–Crippen MR) is 80.6 cm³/mol. The lowest BCUT2D eigenvalue weighted by atomic mass is 10.2. The Bertz CT molecular complexity index is 582. The van der Waals surface area contributed by atoms with Crippen LogP contribution in [0.15, 0.2) is 24.5 Å². The number of hydrogen-bond donors (Lipinski definition) is 0. The van der Waals surface area contributed by atoms with Crippen molar-refractivity contribution in [1.29, 1.82) is 0 Å². The Kier molecular flexibility index (Phi) is 3.87. The number of carbonyl (C=O) groups excluding carboxylic acids is 1. The Morgan fingerprint density at radius 3 is 2.65 bits per heavy atom. The maximum absolute atomic E-state index is 12.6. The Balaban J connectivity index is 1.93. The molecular formula is C15H19N3OS. The molecule has 20 heavy (non-hydrogen) atoms. The van der Waals surface area contributed by atoms with Crippen molar-refractivity contribution in [3.8, 4) is 5.13 Å². The van der Waals surface area contributed by atoms with Crippen LogP contribution in [0, 0.1) is 0 Å². The molecule has 2 aromatic rings. The molecular weight excluding hydrogens is 270 g/mol. The fourth-order valence-corrected chi connectivity index (χ4v) is 3.60. The first-order valence-electron chi connectivity index (χ1n) is 7.22. The number of hydrogen-bond acceptors (Lipinski definition) is 3. The van der Waals surface area contributed by atoms with E-state index in [4.69, 9.17) is 0 Å². The molecule has 1 amide bonds. The lowest BCUT2D eigenvalue weighted by Gasteiger charge is -2.14. The number of nitrogens with zero attached hydrogens (tertiary/aromatic N) is 3. The van der Waals surface area contributed by atoms with Gasteiger partial charge in [-0.2, -0.15) is 0 Å². The van der Waals surface area contributed by atoms with Crippen molar-refractivity contribution < 1.29 is 4.79 Å². The minimum absolute atomic E-state index is 0.168. The highest BCUT2D eigenvalue weighted by atomic mass is 32.1. The van der Waals surface area contributed by atoms with Gasteiger partial charge in [0.2, 0.25) is 0 Å². The van der Waals surface area contributed by atoms with Crippen molar-refractivity contribution in [3.05, 3.63) is 35.1 Å². The largest absolute Gasteiger partial charge is 0.338 e. The fraction of sp³-hybridized carbons (Fsp3) is 0.467. The van der Waals surface area contributed by atoms with Crippen molar-refractivity contribution >= 4 is 17.2 Å². The molecule has 0 radical (unpaired) electrons. The highest BCUT2D eigenvalue weighted by Crippen LogP contribution is 2.26. The smallest absolute Gasteiger partial charge is 0.265 e. The quantitative estimate of drug-likeness (QED) is 0.867. The molecule has 1 aliphatic heterocycles. The molecule has 4 nitrogen and oxygen atoms in total. The van der Waals surface area contributed by atoms with Gasteiger partial charge in [-0.3, -0.25) is 4.79 Å². The van der Waals surface area contributed by atoms with Crippen LogP contribution in [0.25, 0.3) is 5.13 Å². The SMILES string of the molecule is CCCc1nc(-n2cccc2)sc1C(=O)N1CCCC1. The lowest BCUT2D eigenvalue weighted by Crippen LogP contribution is -2.27. The zero-order chi connectivity index (χ0) is 13.9. The van der Waals surface area contributed by atoms with E-state index in [0.717, 1.165) is 54.5 Å². The van der Waals surface area contributed by atoms with E-state index in [1.807, 2.05) is 34.0 Å². The standard InChI is InChI=1S/C15H19N3OS/c1-2-7-12-13(14(19)17-8-3-4-9-17)20-15(16-12)18-10-5-6-11-18/h5-6,10-11H,2-4,7-9H2,1H3. The Hall–Kier alpha value is -1.62. The van der Waals surface area contributed by atoms with Crippen LogP contribution in [-0.4, -0.2) is 33.4 Å². The normalized spacial score (nSPS) is 14.9. The van der Waals surface area contributed by atoms with Gasteiger partial charge in [0, 0.05) is 25.5 Å². The van der Waals surface area contributed by atoms with Gasteiger partial charge in [0.1, 0.15) is 4.88 Å². The summed E-state index contributed by atoms with van der Waals surface area (Å²) in [7, 11) is 0. The summed E-state index contributed by atoms with van der Waals surface area (Å²) in [6.45, 7) is 3.90. The third-order valence-corrected chi connectivity index (χ3v) is 4.68. The van der Waals surface area contributed by atoms with E-state index in [1.54, 1.807) is 0 Å². The molecule has 0 N–H and O–H groups in total. The van der Waals surface area contributed by atoms with Crippen LogP contribution in [0.5, 0.6) is 0 Å². The monoisotopic (exact) mass is 289 g/mol. The summed E-state index contributed by atoms with van der Waals surface area (Å²) in [6, 6.07) is 3.95. The predicted octanol–water partition coefficient (Wildman–Crippen LogP) is 3.12. The van der Waals surface area contributed by atoms with Crippen molar-refractivity contribution in [2.75, 3.05) is 13.1 Å².